The Morgan fingerprint density at radius 3 is 2.62 bits per heavy atom. The number of aliphatic hydroxyl groups excluding tert-OH is 1. The van der Waals surface area contributed by atoms with Crippen molar-refractivity contribution in [1.82, 2.24) is 39.3 Å². The number of imidazole rings is 1. The minimum Gasteiger partial charge on any atom is -0.385 e. The minimum atomic E-state index is -4.33. The molecular weight excluding hydrogens is 684 g/mol. The molecular formula is C23H28BFN10O9P2S. The van der Waals surface area contributed by atoms with Gasteiger partial charge in [0.2, 0.25) is 0 Å². The summed E-state index contributed by atoms with van der Waals surface area (Å²) in [6, 6.07) is 0. The van der Waals surface area contributed by atoms with Crippen LogP contribution < -0.4 is 11.1 Å². The fourth-order valence-corrected chi connectivity index (χ4v) is 8.89. The van der Waals surface area contributed by atoms with Gasteiger partial charge in [0.05, 0.1) is 30.6 Å². The number of nitrogens with zero attached hydrogens (tertiary/aromatic N) is 8. The van der Waals surface area contributed by atoms with Gasteiger partial charge in [0.25, 0.3) is 15.0 Å². The third kappa shape index (κ3) is 5.53. The fraction of sp³-hybridized carbons (Fsp3) is 0.565. The van der Waals surface area contributed by atoms with E-state index in [9.17, 15) is 14.2 Å². The van der Waals surface area contributed by atoms with Gasteiger partial charge < -0.3 is 34.7 Å². The Kier molecular flexibility index (Phi) is 7.83. The summed E-state index contributed by atoms with van der Waals surface area (Å²) in [6.07, 6.45) is -6.08. The average Bonchev–Trinajstić information content (AvgIpc) is 3.73. The van der Waals surface area contributed by atoms with Crippen LogP contribution in [-0.4, -0.2) is 108 Å². The van der Waals surface area contributed by atoms with Crippen molar-refractivity contribution in [3.05, 3.63) is 24.7 Å². The maximum absolute atomic E-state index is 16.1. The maximum atomic E-state index is 16.1. The van der Waals surface area contributed by atoms with E-state index in [1.54, 1.807) is 0 Å². The Balaban J connectivity index is 1.08. The van der Waals surface area contributed by atoms with Crippen molar-refractivity contribution in [2.75, 3.05) is 30.8 Å². The summed E-state index contributed by atoms with van der Waals surface area (Å²) < 4.78 is 80.7. The lowest BCUT2D eigenvalue weighted by atomic mass is 10.1. The van der Waals surface area contributed by atoms with E-state index in [4.69, 9.17) is 33.3 Å². The van der Waals surface area contributed by atoms with Crippen molar-refractivity contribution < 1.29 is 46.2 Å². The molecule has 0 bridgehead atoms. The number of thiol groups is 1. The monoisotopic (exact) mass is 712 g/mol. The lowest BCUT2D eigenvalue weighted by Crippen LogP contribution is -2.38. The first kappa shape index (κ1) is 31.5. The zero-order valence-electron chi connectivity index (χ0n) is 24.5. The molecule has 10 atom stereocenters. The Hall–Kier alpha value is -2.78. The number of ether oxygens (including phenoxy) is 2. The van der Waals surface area contributed by atoms with E-state index in [1.807, 2.05) is 0 Å². The van der Waals surface area contributed by atoms with Gasteiger partial charge in [-0.05, 0) is 12.8 Å². The van der Waals surface area contributed by atoms with Gasteiger partial charge in [-0.3, -0.25) is 18.2 Å². The van der Waals surface area contributed by atoms with Gasteiger partial charge in [-0.2, -0.15) is 5.10 Å². The number of hydrogen-bond acceptors (Lipinski definition) is 17. The largest absolute Gasteiger partial charge is 0.386 e. The predicted molar refractivity (Wildman–Crippen MR) is 165 cm³/mol. The van der Waals surface area contributed by atoms with Crippen molar-refractivity contribution in [3.8, 4) is 0 Å². The van der Waals surface area contributed by atoms with Crippen molar-refractivity contribution in [3.63, 3.8) is 0 Å². The number of aromatic nitrogens is 8. The molecule has 3 saturated heterocycles. The molecule has 8 rings (SSSR count). The summed E-state index contributed by atoms with van der Waals surface area (Å²) >= 11 is 4.09. The van der Waals surface area contributed by atoms with Crippen LogP contribution in [0, 0.1) is 0 Å². The van der Waals surface area contributed by atoms with E-state index in [0.717, 1.165) is 6.42 Å². The second-order valence-electron chi connectivity index (χ2n) is 11.5. The van der Waals surface area contributed by atoms with Crippen LogP contribution in [0.4, 0.5) is 16.0 Å². The van der Waals surface area contributed by atoms with E-state index in [2.05, 4.69) is 47.6 Å². The second-order valence-corrected chi connectivity index (χ2v) is 16.3. The lowest BCUT2D eigenvalue weighted by Gasteiger charge is -2.29. The highest BCUT2D eigenvalue weighted by atomic mass is 32.7. The average molecular weight is 712 g/mol. The third-order valence-corrected chi connectivity index (χ3v) is 11.2. The molecule has 24 heteroatoms. The predicted octanol–water partition coefficient (Wildman–Crippen LogP) is 0.697. The molecule has 250 valence electrons. The van der Waals surface area contributed by atoms with Crippen molar-refractivity contribution in [2.24, 2.45) is 0 Å². The molecule has 4 aliphatic rings. The van der Waals surface area contributed by atoms with Crippen LogP contribution in [-0.2, 0) is 43.1 Å². The van der Waals surface area contributed by atoms with Crippen molar-refractivity contribution in [1.29, 1.82) is 0 Å². The van der Waals surface area contributed by atoms with Gasteiger partial charge in [-0.15, -0.1) is 0 Å². The first-order valence-corrected chi connectivity index (χ1v) is 19.3. The van der Waals surface area contributed by atoms with Gasteiger partial charge in [0, 0.05) is 6.54 Å². The lowest BCUT2D eigenvalue weighted by molar-refractivity contribution is -0.0590. The number of nitrogen functional groups attached to an aromatic ring is 1. The Labute approximate surface area is 270 Å². The maximum Gasteiger partial charge on any atom is 0.386 e. The van der Waals surface area contributed by atoms with E-state index < -0.39 is 76.6 Å². The zero-order valence-corrected chi connectivity index (χ0v) is 27.2. The molecule has 0 amide bonds. The molecule has 0 saturated carbocycles. The number of nitrogens with two attached hydrogens (primary N) is 1. The number of alkyl halides is 1. The highest BCUT2D eigenvalue weighted by molar-refractivity contribution is 8.44. The number of aryl methyl sites for hydroxylation is 1. The molecule has 4 aromatic rings. The Morgan fingerprint density at radius 2 is 1.77 bits per heavy atom. The molecule has 6 unspecified atom stereocenters. The van der Waals surface area contributed by atoms with Crippen LogP contribution in [0.25, 0.3) is 22.2 Å². The van der Waals surface area contributed by atoms with Gasteiger partial charge in [-0.1, -0.05) is 12.2 Å². The Bertz CT molecular complexity index is 1960. The molecule has 0 spiro atoms. The summed E-state index contributed by atoms with van der Waals surface area (Å²) in [5.41, 5.74) is 7.38. The number of halogens is 1. The summed E-state index contributed by atoms with van der Waals surface area (Å²) in [5.74, 6) is 0.680. The summed E-state index contributed by atoms with van der Waals surface area (Å²) in [5, 5.41) is 20.1. The molecule has 19 nitrogen and oxygen atoms in total. The van der Waals surface area contributed by atoms with Gasteiger partial charge in [0.15, 0.2) is 35.7 Å². The first-order valence-electron chi connectivity index (χ1n) is 14.6. The van der Waals surface area contributed by atoms with E-state index >= 15 is 4.39 Å². The molecule has 8 heterocycles. The zero-order chi connectivity index (χ0) is 32.7. The molecule has 0 aliphatic carbocycles. The van der Waals surface area contributed by atoms with Crippen molar-refractivity contribution >= 4 is 67.9 Å². The summed E-state index contributed by atoms with van der Waals surface area (Å²) in [6.45, 7) is -4.67. The number of hydrogen-bond donors (Lipinski definition) is 4. The Morgan fingerprint density at radius 1 is 1.02 bits per heavy atom. The van der Waals surface area contributed by atoms with Crippen LogP contribution in [0.5, 0.6) is 0 Å². The molecule has 0 radical (unpaired) electrons. The highest BCUT2D eigenvalue weighted by Gasteiger charge is 2.54. The van der Waals surface area contributed by atoms with E-state index in [0.29, 0.717) is 35.5 Å². The SMILES string of the molecule is BP1(=O)OC[C@H]2O[C@@H](n3cnc4c(N)ncnc43)C(F)C2OP(=O)(S)OC[C@H]2O[C@@H](n3nc4c5c(ncnc53)NCCC4)C(O)C2O1. The summed E-state index contributed by atoms with van der Waals surface area (Å²) in [4.78, 5) is 20.8. The smallest absolute Gasteiger partial charge is 0.385 e. The highest BCUT2D eigenvalue weighted by Crippen LogP contribution is 2.58. The standard InChI is InChI=1S/C23H28BFN10O9P2S/c24-45(37)39-4-10-16(13(25)22(41-10)34-8-32-14-18(26)28-6-31-21(14)34)44-46(38,47)40-5-11-17(43-45)15(36)23(42-11)35-20-12-9(33-35)2-1-3-27-19(12)29-7-30-20/h6-8,10-11,13,15-17,22-23,36H,1-5,24H2,(H,38,47)(H2,26,28,31)(H,27,29,30)/t10-,11-,13?,15?,16?,17?,22-,23-,45?,46?/m1/s1. The second kappa shape index (κ2) is 11.7. The van der Waals surface area contributed by atoms with Crippen LogP contribution in [0.3, 0.4) is 0 Å². The number of rotatable bonds is 2. The quantitative estimate of drug-likeness (QED) is 0.127. The number of fused-ring (bicyclic) bond motifs is 3. The molecule has 4 aromatic heterocycles. The number of nitrogens with one attached hydrogen (secondary N) is 1. The van der Waals surface area contributed by atoms with E-state index in [-0.39, 0.29) is 17.0 Å². The fourth-order valence-electron chi connectivity index (χ4n) is 6.22. The normalized spacial score (nSPS) is 37.9. The molecule has 0 aromatic carbocycles. The topological polar surface area (TPSA) is 235 Å². The van der Waals surface area contributed by atoms with Gasteiger partial charge in [-0.25, -0.2) is 38.6 Å². The summed E-state index contributed by atoms with van der Waals surface area (Å²) in [7, 11) is -2.81. The third-order valence-electron chi connectivity index (χ3n) is 8.37. The van der Waals surface area contributed by atoms with E-state index in [1.165, 1.54) is 35.8 Å². The number of anilines is 2. The molecule has 47 heavy (non-hydrogen) atoms. The van der Waals surface area contributed by atoms with Crippen molar-refractivity contribution in [2.45, 2.75) is 62.0 Å². The molecule has 4 N–H and O–H groups in total. The van der Waals surface area contributed by atoms with Gasteiger partial charge >= 0.3 is 6.80 Å². The number of aliphatic hydroxyl groups is 1. The minimum absolute atomic E-state index is 0.0770. The first-order chi connectivity index (χ1) is 22.5. The van der Waals surface area contributed by atoms with Crippen LogP contribution in [0.2, 0.25) is 0 Å². The van der Waals surface area contributed by atoms with Gasteiger partial charge in [0.1, 0.15) is 54.5 Å². The molecule has 4 aliphatic heterocycles. The van der Waals surface area contributed by atoms with Crippen LogP contribution in [0.15, 0.2) is 19.0 Å². The van der Waals surface area contributed by atoms with Crippen LogP contribution in [0.1, 0.15) is 24.6 Å². The van der Waals surface area contributed by atoms with Crippen LogP contribution >= 0.6 is 26.5 Å². The molecule has 3 fully saturated rings.